The number of nitrogens with zero attached hydrogens (tertiary/aromatic N) is 3. The van der Waals surface area contributed by atoms with Gasteiger partial charge in [0.25, 0.3) is 20.0 Å². The summed E-state index contributed by atoms with van der Waals surface area (Å²) in [7, 11) is -8.25. The van der Waals surface area contributed by atoms with Gasteiger partial charge in [0.1, 0.15) is 0 Å². The molecule has 1 aliphatic rings. The second-order valence-electron chi connectivity index (χ2n) is 9.78. The van der Waals surface area contributed by atoms with Gasteiger partial charge >= 0.3 is 12.2 Å². The number of fused-ring (bicyclic) bond motifs is 1. The number of hydrogen-bond acceptors (Lipinski definition) is 7. The van der Waals surface area contributed by atoms with Crippen LogP contribution in [0.4, 0.5) is 9.59 Å². The standard InChI is InChI=1S/C22H18Cl3N3O4S.C7H6ClNO4S/c23-17-5-7-19(8-6-17)33(31,32)28(22(29)30)10-9-14-1-2-15-12-26-27(21(14)15)13-16-3-4-18(24)11-20(16)25;8-5-1-3-6(4-2-5)14(12,13)9-7(10)11/h3-9,11-12H,1-2,10,13H2,(H,29,30);1-4,9H,(H,10,11)/b14-9+;. The van der Waals surface area contributed by atoms with Crippen LogP contribution in [0.25, 0.3) is 5.57 Å². The zero-order valence-electron chi connectivity index (χ0n) is 23.8. The molecule has 0 fully saturated rings. The van der Waals surface area contributed by atoms with Crippen LogP contribution in [0.3, 0.4) is 0 Å². The van der Waals surface area contributed by atoms with Crippen molar-refractivity contribution in [2.45, 2.75) is 29.2 Å². The maximum Gasteiger partial charge on any atom is 0.421 e. The molecule has 1 aromatic heterocycles. The number of amides is 2. The Hall–Kier alpha value is -3.79. The summed E-state index contributed by atoms with van der Waals surface area (Å²) in [4.78, 5) is 21.6. The molecule has 248 valence electrons. The Morgan fingerprint density at radius 2 is 1.43 bits per heavy atom. The summed E-state index contributed by atoms with van der Waals surface area (Å²) in [5.74, 6) is 0. The van der Waals surface area contributed by atoms with Crippen LogP contribution < -0.4 is 4.72 Å². The van der Waals surface area contributed by atoms with Crippen molar-refractivity contribution in [3.8, 4) is 0 Å². The Balaban J connectivity index is 0.000000300. The molecule has 0 bridgehead atoms. The highest BCUT2D eigenvalue weighted by Gasteiger charge is 2.29. The first-order valence-corrected chi connectivity index (χ1v) is 17.7. The lowest BCUT2D eigenvalue weighted by Gasteiger charge is -2.18. The highest BCUT2D eigenvalue weighted by Crippen LogP contribution is 2.33. The fourth-order valence-electron chi connectivity index (χ4n) is 4.49. The summed E-state index contributed by atoms with van der Waals surface area (Å²) in [5, 5.41) is 24.1. The molecule has 0 radical (unpaired) electrons. The van der Waals surface area contributed by atoms with E-state index in [9.17, 15) is 31.5 Å². The van der Waals surface area contributed by atoms with Gasteiger partial charge < -0.3 is 10.2 Å². The molecule has 0 saturated carbocycles. The van der Waals surface area contributed by atoms with E-state index in [1.165, 1.54) is 53.3 Å². The number of carbonyl (C=O) groups is 2. The van der Waals surface area contributed by atoms with Gasteiger partial charge in [-0.05, 0) is 90.2 Å². The van der Waals surface area contributed by atoms with Crippen molar-refractivity contribution < 1.29 is 36.6 Å². The second kappa shape index (κ2) is 15.0. The Morgan fingerprint density at radius 1 is 0.851 bits per heavy atom. The molecule has 0 atom stereocenters. The summed E-state index contributed by atoms with van der Waals surface area (Å²) in [6.45, 7) is 0.0658. The van der Waals surface area contributed by atoms with E-state index in [1.807, 2.05) is 6.07 Å². The number of nitrogens with one attached hydrogen (secondary N) is 1. The van der Waals surface area contributed by atoms with Crippen molar-refractivity contribution in [2.24, 2.45) is 0 Å². The van der Waals surface area contributed by atoms with Crippen LogP contribution in [0.5, 0.6) is 0 Å². The first-order chi connectivity index (χ1) is 22.1. The van der Waals surface area contributed by atoms with E-state index in [1.54, 1.807) is 29.1 Å². The maximum absolute atomic E-state index is 12.9. The van der Waals surface area contributed by atoms with Crippen molar-refractivity contribution in [1.82, 2.24) is 18.8 Å². The molecule has 0 spiro atoms. The highest BCUT2D eigenvalue weighted by atomic mass is 35.5. The van der Waals surface area contributed by atoms with Crippen molar-refractivity contribution in [2.75, 3.05) is 6.54 Å². The minimum absolute atomic E-state index is 0.149. The van der Waals surface area contributed by atoms with Gasteiger partial charge in [-0.2, -0.15) is 9.40 Å². The van der Waals surface area contributed by atoms with Crippen molar-refractivity contribution in [3.05, 3.63) is 116 Å². The molecule has 12 nitrogen and oxygen atoms in total. The zero-order valence-corrected chi connectivity index (χ0v) is 28.5. The van der Waals surface area contributed by atoms with E-state index in [2.05, 4.69) is 5.10 Å². The number of rotatable bonds is 8. The summed E-state index contributed by atoms with van der Waals surface area (Å²) < 4.78 is 51.8. The number of benzene rings is 3. The van der Waals surface area contributed by atoms with Crippen LogP contribution in [0.1, 0.15) is 23.2 Å². The largest absolute Gasteiger partial charge is 0.464 e. The van der Waals surface area contributed by atoms with E-state index >= 15 is 0 Å². The topological polar surface area (TPSA) is 176 Å². The Bertz CT molecular complexity index is 2050. The number of allylic oxidation sites excluding steroid dienone is 1. The molecule has 4 aromatic rings. The van der Waals surface area contributed by atoms with E-state index in [0.717, 1.165) is 28.8 Å². The fourth-order valence-corrected chi connectivity index (χ4v) is 7.26. The van der Waals surface area contributed by atoms with Crippen LogP contribution in [0, 0.1) is 0 Å². The third-order valence-corrected chi connectivity index (χ3v) is 10.9. The number of aromatic nitrogens is 2. The van der Waals surface area contributed by atoms with Crippen molar-refractivity contribution in [1.29, 1.82) is 0 Å². The molecule has 1 heterocycles. The molecular weight excluding hydrogens is 738 g/mol. The SMILES string of the molecule is O=C(O)N(C/C=C1\CCc2cnn(Cc3ccc(Cl)cc3Cl)c21)S(=O)(=O)c1ccc(Cl)cc1.O=C(O)NS(=O)(=O)c1ccc(Cl)cc1. The highest BCUT2D eigenvalue weighted by molar-refractivity contribution is 7.90. The number of aryl methyl sites for hydroxylation is 1. The molecular formula is C29H24Cl4N4O8S2. The lowest BCUT2D eigenvalue weighted by Crippen LogP contribution is -2.36. The molecule has 2 amide bonds. The van der Waals surface area contributed by atoms with E-state index in [0.29, 0.717) is 37.4 Å². The molecule has 47 heavy (non-hydrogen) atoms. The minimum Gasteiger partial charge on any atom is -0.464 e. The quantitative estimate of drug-likeness (QED) is 0.173. The monoisotopic (exact) mass is 760 g/mol. The molecule has 0 unspecified atom stereocenters. The zero-order chi connectivity index (χ0) is 34.5. The van der Waals surface area contributed by atoms with Crippen molar-refractivity contribution in [3.63, 3.8) is 0 Å². The molecule has 0 aliphatic heterocycles. The van der Waals surface area contributed by atoms with E-state index < -0.39 is 32.2 Å². The van der Waals surface area contributed by atoms with Crippen molar-refractivity contribution >= 4 is 84.2 Å². The van der Waals surface area contributed by atoms with Crippen LogP contribution >= 0.6 is 46.4 Å². The normalized spacial score (nSPS) is 13.4. The first-order valence-electron chi connectivity index (χ1n) is 13.3. The Kier molecular flexibility index (Phi) is 11.5. The fraction of sp³-hybridized carbons (Fsp3) is 0.138. The first kappa shape index (κ1) is 36.1. The van der Waals surface area contributed by atoms with Gasteiger partial charge in [0, 0.05) is 20.1 Å². The van der Waals surface area contributed by atoms with Gasteiger partial charge in [0.15, 0.2) is 0 Å². The van der Waals surface area contributed by atoms with E-state index in [-0.39, 0.29) is 16.3 Å². The molecule has 1 aliphatic carbocycles. The Labute approximate surface area is 289 Å². The van der Waals surface area contributed by atoms with Crippen LogP contribution in [0.2, 0.25) is 20.1 Å². The summed E-state index contributed by atoms with van der Waals surface area (Å²) >= 11 is 23.6. The third kappa shape index (κ3) is 8.97. The van der Waals surface area contributed by atoms with Gasteiger partial charge in [0.2, 0.25) is 0 Å². The molecule has 3 aromatic carbocycles. The lowest BCUT2D eigenvalue weighted by atomic mass is 10.2. The number of halogens is 4. The minimum atomic E-state index is -4.26. The summed E-state index contributed by atoms with van der Waals surface area (Å²) in [5.41, 5.74) is 3.50. The molecule has 5 rings (SSSR count). The van der Waals surface area contributed by atoms with Gasteiger partial charge in [-0.15, -0.1) is 0 Å². The van der Waals surface area contributed by atoms with Gasteiger partial charge in [0.05, 0.1) is 34.8 Å². The van der Waals surface area contributed by atoms with Crippen LogP contribution in [0.15, 0.2) is 88.8 Å². The molecule has 0 saturated heterocycles. The van der Waals surface area contributed by atoms with E-state index in [4.69, 9.17) is 51.5 Å². The molecule has 18 heteroatoms. The predicted molar refractivity (Wildman–Crippen MR) is 177 cm³/mol. The van der Waals surface area contributed by atoms with Gasteiger partial charge in [-0.3, -0.25) is 4.68 Å². The predicted octanol–water partition coefficient (Wildman–Crippen LogP) is 6.89. The van der Waals surface area contributed by atoms with Crippen LogP contribution in [-0.4, -0.2) is 59.9 Å². The Morgan fingerprint density at radius 3 is 1.98 bits per heavy atom. The number of hydrogen-bond donors (Lipinski definition) is 3. The average molecular weight is 762 g/mol. The smallest absolute Gasteiger partial charge is 0.421 e. The number of carboxylic acid groups (broad SMARTS) is 2. The summed E-state index contributed by atoms with van der Waals surface area (Å²) in [6, 6.07) is 15.7. The third-order valence-electron chi connectivity index (χ3n) is 6.68. The van der Waals surface area contributed by atoms with Gasteiger partial charge in [-0.25, -0.2) is 31.1 Å². The average Bonchev–Trinajstić information content (AvgIpc) is 3.57. The lowest BCUT2D eigenvalue weighted by molar-refractivity contribution is 0.175. The van der Waals surface area contributed by atoms with Crippen LogP contribution in [-0.2, 0) is 33.0 Å². The maximum atomic E-state index is 12.9. The molecule has 3 N–H and O–H groups in total. The number of sulfonamides is 2. The second-order valence-corrected chi connectivity index (χ2v) is 15.0. The van der Waals surface area contributed by atoms with Gasteiger partial charge in [-0.1, -0.05) is 58.5 Å². The summed E-state index contributed by atoms with van der Waals surface area (Å²) in [6.07, 6.45) is 1.57.